The Labute approximate surface area is 119 Å². The Kier molecular flexibility index (Phi) is 5.19. The summed E-state index contributed by atoms with van der Waals surface area (Å²) in [5.74, 6) is -1.94. The predicted molar refractivity (Wildman–Crippen MR) is 65.5 cm³/mol. The number of carbonyl (C=O) groups excluding carboxylic acids is 2. The molecule has 0 bridgehead atoms. The average molecular weight is 360 g/mol. The van der Waals surface area contributed by atoms with Crippen LogP contribution >= 0.6 is 27.5 Å². The quantitative estimate of drug-likeness (QED) is 0.629. The first-order chi connectivity index (χ1) is 8.75. The van der Waals surface area contributed by atoms with Crippen LogP contribution in [-0.4, -0.2) is 17.7 Å². The third-order valence-electron chi connectivity index (χ3n) is 1.97. The molecular formula is C10H7BrClF3N2O2. The van der Waals surface area contributed by atoms with E-state index in [1.807, 2.05) is 10.9 Å². The molecule has 2 N–H and O–H groups in total. The van der Waals surface area contributed by atoms with Gasteiger partial charge >= 0.3 is 6.18 Å². The highest BCUT2D eigenvalue weighted by Crippen LogP contribution is 2.35. The Bertz CT molecular complexity index is 508. The number of alkyl halides is 4. The number of benzene rings is 1. The fraction of sp³-hybridized carbons (Fsp3) is 0.200. The summed E-state index contributed by atoms with van der Waals surface area (Å²) in [7, 11) is 0. The third kappa shape index (κ3) is 4.39. The Morgan fingerprint density at radius 3 is 2.42 bits per heavy atom. The maximum Gasteiger partial charge on any atom is 0.417 e. The van der Waals surface area contributed by atoms with Crippen molar-refractivity contribution in [3.8, 4) is 0 Å². The minimum absolute atomic E-state index is 0.179. The summed E-state index contributed by atoms with van der Waals surface area (Å²) < 4.78 is 37.7. The number of rotatable bonds is 2. The van der Waals surface area contributed by atoms with Crippen LogP contribution in [0, 0.1) is 0 Å². The Balaban J connectivity index is 2.90. The van der Waals surface area contributed by atoms with Crippen molar-refractivity contribution in [2.75, 3.05) is 5.88 Å². The number of carbonyl (C=O) groups is 2. The number of hydrogen-bond donors (Lipinski definition) is 2. The van der Waals surface area contributed by atoms with Gasteiger partial charge in [0.05, 0.1) is 5.56 Å². The van der Waals surface area contributed by atoms with Gasteiger partial charge in [-0.1, -0.05) is 15.9 Å². The van der Waals surface area contributed by atoms with Crippen LogP contribution < -0.4 is 10.9 Å². The first-order valence-electron chi connectivity index (χ1n) is 4.77. The highest BCUT2D eigenvalue weighted by molar-refractivity contribution is 9.10. The van der Waals surface area contributed by atoms with Crippen molar-refractivity contribution in [2.24, 2.45) is 0 Å². The molecule has 19 heavy (non-hydrogen) atoms. The highest BCUT2D eigenvalue weighted by Gasteiger charge is 2.33. The third-order valence-corrected chi connectivity index (χ3v) is 2.91. The minimum Gasteiger partial charge on any atom is -0.272 e. The summed E-state index contributed by atoms with van der Waals surface area (Å²) in [6.07, 6.45) is -4.59. The standard InChI is InChI=1S/C10H7BrClF3N2O2/c11-7-2-1-5(3-6(7)10(13,14)15)9(19)17-16-8(18)4-12/h1-3H,4H2,(H,16,18)(H,17,19). The number of hydrazine groups is 1. The molecular weight excluding hydrogens is 352 g/mol. The molecule has 0 heterocycles. The van der Waals surface area contributed by atoms with E-state index in [4.69, 9.17) is 11.6 Å². The molecule has 0 atom stereocenters. The lowest BCUT2D eigenvalue weighted by Gasteiger charge is -2.11. The van der Waals surface area contributed by atoms with Gasteiger partial charge in [0.2, 0.25) is 0 Å². The molecule has 0 aromatic heterocycles. The van der Waals surface area contributed by atoms with Crippen LogP contribution in [0.2, 0.25) is 0 Å². The summed E-state index contributed by atoms with van der Waals surface area (Å²) in [6, 6.07) is 2.95. The molecule has 0 radical (unpaired) electrons. The topological polar surface area (TPSA) is 58.2 Å². The van der Waals surface area contributed by atoms with E-state index in [0.29, 0.717) is 6.07 Å². The first kappa shape index (κ1) is 15.8. The fourth-order valence-electron chi connectivity index (χ4n) is 1.12. The molecule has 0 aliphatic heterocycles. The average Bonchev–Trinajstić information content (AvgIpc) is 2.34. The van der Waals surface area contributed by atoms with Crippen LogP contribution in [0.4, 0.5) is 13.2 Å². The number of amides is 2. The lowest BCUT2D eigenvalue weighted by molar-refractivity contribution is -0.138. The molecule has 1 rings (SSSR count). The van der Waals surface area contributed by atoms with Gasteiger partial charge in [0.1, 0.15) is 5.88 Å². The molecule has 1 aromatic carbocycles. The second-order valence-corrected chi connectivity index (χ2v) is 4.45. The van der Waals surface area contributed by atoms with Gasteiger partial charge in [0.25, 0.3) is 11.8 Å². The van der Waals surface area contributed by atoms with Crippen molar-refractivity contribution in [1.29, 1.82) is 0 Å². The van der Waals surface area contributed by atoms with E-state index in [2.05, 4.69) is 15.9 Å². The number of hydrogen-bond acceptors (Lipinski definition) is 2. The molecule has 0 spiro atoms. The Hall–Kier alpha value is -1.28. The van der Waals surface area contributed by atoms with E-state index in [9.17, 15) is 22.8 Å². The summed E-state index contributed by atoms with van der Waals surface area (Å²) in [5, 5.41) is 0. The maximum atomic E-state index is 12.6. The molecule has 0 aliphatic rings. The van der Waals surface area contributed by atoms with Crippen molar-refractivity contribution in [1.82, 2.24) is 10.9 Å². The summed E-state index contributed by atoms with van der Waals surface area (Å²) in [5.41, 5.74) is 2.65. The smallest absolute Gasteiger partial charge is 0.272 e. The van der Waals surface area contributed by atoms with E-state index < -0.39 is 23.6 Å². The van der Waals surface area contributed by atoms with Crippen molar-refractivity contribution < 1.29 is 22.8 Å². The molecule has 9 heteroatoms. The zero-order valence-corrected chi connectivity index (χ0v) is 11.5. The van der Waals surface area contributed by atoms with E-state index in [-0.39, 0.29) is 15.9 Å². The monoisotopic (exact) mass is 358 g/mol. The van der Waals surface area contributed by atoms with Gasteiger partial charge in [0.15, 0.2) is 0 Å². The fourth-order valence-corrected chi connectivity index (χ4v) is 1.65. The van der Waals surface area contributed by atoms with Crippen molar-refractivity contribution >= 4 is 39.3 Å². The van der Waals surface area contributed by atoms with Crippen molar-refractivity contribution in [3.05, 3.63) is 33.8 Å². The molecule has 4 nitrogen and oxygen atoms in total. The van der Waals surface area contributed by atoms with Gasteiger partial charge in [0, 0.05) is 10.0 Å². The van der Waals surface area contributed by atoms with Crippen LogP contribution in [0.3, 0.4) is 0 Å². The van der Waals surface area contributed by atoms with E-state index in [1.165, 1.54) is 6.07 Å². The molecule has 104 valence electrons. The zero-order valence-electron chi connectivity index (χ0n) is 9.15. The lowest BCUT2D eigenvalue weighted by Crippen LogP contribution is -2.42. The van der Waals surface area contributed by atoms with E-state index in [1.54, 1.807) is 0 Å². The lowest BCUT2D eigenvalue weighted by atomic mass is 10.1. The molecule has 0 saturated carbocycles. The summed E-state index contributed by atoms with van der Waals surface area (Å²) in [4.78, 5) is 22.3. The van der Waals surface area contributed by atoms with Crippen LogP contribution in [0.1, 0.15) is 15.9 Å². The Morgan fingerprint density at radius 2 is 1.89 bits per heavy atom. The SMILES string of the molecule is O=C(CCl)NNC(=O)c1ccc(Br)c(C(F)(F)F)c1. The van der Waals surface area contributed by atoms with Crippen molar-refractivity contribution in [3.63, 3.8) is 0 Å². The molecule has 0 aliphatic carbocycles. The molecule has 0 saturated heterocycles. The van der Waals surface area contributed by atoms with Crippen LogP contribution in [0.25, 0.3) is 0 Å². The summed E-state index contributed by atoms with van der Waals surface area (Å²) in [6.45, 7) is 0. The normalized spacial score (nSPS) is 11.0. The first-order valence-corrected chi connectivity index (χ1v) is 6.10. The van der Waals surface area contributed by atoms with E-state index in [0.717, 1.165) is 6.07 Å². The Morgan fingerprint density at radius 1 is 1.26 bits per heavy atom. The van der Waals surface area contributed by atoms with Gasteiger partial charge in [-0.2, -0.15) is 13.2 Å². The predicted octanol–water partition coefficient (Wildman–Crippen LogP) is 2.47. The van der Waals surface area contributed by atoms with Crippen LogP contribution in [0.5, 0.6) is 0 Å². The second kappa shape index (κ2) is 6.25. The molecule has 1 aromatic rings. The van der Waals surface area contributed by atoms with Gasteiger partial charge in [-0.3, -0.25) is 20.4 Å². The highest BCUT2D eigenvalue weighted by atomic mass is 79.9. The van der Waals surface area contributed by atoms with E-state index >= 15 is 0 Å². The van der Waals surface area contributed by atoms with Gasteiger partial charge < -0.3 is 0 Å². The maximum absolute atomic E-state index is 12.6. The van der Waals surface area contributed by atoms with Crippen molar-refractivity contribution in [2.45, 2.75) is 6.18 Å². The zero-order chi connectivity index (χ0) is 14.6. The molecule has 0 unspecified atom stereocenters. The van der Waals surface area contributed by atoms with Gasteiger partial charge in [-0.05, 0) is 18.2 Å². The minimum atomic E-state index is -4.59. The largest absolute Gasteiger partial charge is 0.417 e. The number of halogens is 5. The molecule has 2 amide bonds. The summed E-state index contributed by atoms with van der Waals surface area (Å²) >= 11 is 7.92. The van der Waals surface area contributed by atoms with Crippen LogP contribution in [-0.2, 0) is 11.0 Å². The number of nitrogens with one attached hydrogen (secondary N) is 2. The van der Waals surface area contributed by atoms with Crippen LogP contribution in [0.15, 0.2) is 22.7 Å². The second-order valence-electron chi connectivity index (χ2n) is 3.33. The molecule has 0 fully saturated rings. The van der Waals surface area contributed by atoms with Gasteiger partial charge in [-0.25, -0.2) is 0 Å². The van der Waals surface area contributed by atoms with Gasteiger partial charge in [-0.15, -0.1) is 11.6 Å².